The molecule has 2 N–H and O–H groups in total. The van der Waals surface area contributed by atoms with Crippen LogP contribution in [0.5, 0.6) is 0 Å². The van der Waals surface area contributed by atoms with Crippen LogP contribution in [0.15, 0.2) is 18.2 Å². The molecule has 0 saturated heterocycles. The average Bonchev–Trinajstić information content (AvgIpc) is 2.53. The first-order valence-electron chi connectivity index (χ1n) is 5.46. The molecule has 0 bridgehead atoms. The van der Waals surface area contributed by atoms with Crippen LogP contribution in [0, 0.1) is 0 Å². The van der Waals surface area contributed by atoms with Gasteiger partial charge in [-0.1, -0.05) is 12.1 Å². The van der Waals surface area contributed by atoms with Crippen molar-refractivity contribution in [1.29, 1.82) is 0 Å². The molecule has 1 atom stereocenters. The Balaban J connectivity index is 2.29. The Bertz CT molecular complexity index is 351. The Morgan fingerprint density at radius 3 is 3.00 bits per heavy atom. The summed E-state index contributed by atoms with van der Waals surface area (Å²) < 4.78 is 0. The van der Waals surface area contributed by atoms with Crippen LogP contribution in [0.3, 0.4) is 0 Å². The second-order valence-electron chi connectivity index (χ2n) is 4.11. The third-order valence-corrected chi connectivity index (χ3v) is 3.09. The summed E-state index contributed by atoms with van der Waals surface area (Å²) in [5, 5.41) is 0. The van der Waals surface area contributed by atoms with Crippen molar-refractivity contribution in [1.82, 2.24) is 0 Å². The zero-order valence-electron chi connectivity index (χ0n) is 9.36. The minimum atomic E-state index is 0.494. The number of rotatable bonds is 3. The highest BCUT2D eigenvalue weighted by molar-refractivity contribution is 5.60. The molecule has 0 saturated carbocycles. The lowest BCUT2D eigenvalue weighted by Gasteiger charge is -2.22. The fraction of sp³-hybridized carbons (Fsp3) is 0.500. The number of hydrogen-bond donors (Lipinski definition) is 1. The Hall–Kier alpha value is -1.06. The molecule has 0 spiro atoms. The summed E-state index contributed by atoms with van der Waals surface area (Å²) in [4.78, 5) is 7.09. The molecule has 0 fully saturated rings. The molecule has 1 unspecified atom stereocenters. The van der Waals surface area contributed by atoms with Gasteiger partial charge in [0.05, 0.1) is 6.61 Å². The molecule has 0 aliphatic carbocycles. The average molecular weight is 206 g/mol. The van der Waals surface area contributed by atoms with Crippen molar-refractivity contribution >= 4 is 5.69 Å². The van der Waals surface area contributed by atoms with E-state index in [1.807, 2.05) is 0 Å². The van der Waals surface area contributed by atoms with Crippen molar-refractivity contribution in [2.75, 3.05) is 11.4 Å². The van der Waals surface area contributed by atoms with Gasteiger partial charge in [0.25, 0.3) is 0 Å². The summed E-state index contributed by atoms with van der Waals surface area (Å²) in [6, 6.07) is 7.08. The van der Waals surface area contributed by atoms with Crippen molar-refractivity contribution in [3.63, 3.8) is 0 Å². The number of likely N-dealkylation sites (N-methyl/N-ethyl adjacent to an activating group) is 1. The molecule has 1 aromatic rings. The molecule has 1 heterocycles. The predicted molar refractivity (Wildman–Crippen MR) is 61.6 cm³/mol. The molecule has 0 aromatic heterocycles. The second-order valence-corrected chi connectivity index (χ2v) is 4.11. The number of nitrogens with two attached hydrogens (primary N) is 1. The summed E-state index contributed by atoms with van der Waals surface area (Å²) in [6.45, 7) is 6.03. The third kappa shape index (κ3) is 1.85. The standard InChI is InChI=1S/C12H18N2O/c1-3-14-9(2)6-11-7-10(8-15-13)4-5-12(11)14/h4-5,7,9H,3,6,8,13H2,1-2H3. The first kappa shape index (κ1) is 10.5. The van der Waals surface area contributed by atoms with Crippen LogP contribution < -0.4 is 10.8 Å². The Morgan fingerprint density at radius 1 is 1.53 bits per heavy atom. The van der Waals surface area contributed by atoms with Crippen LogP contribution in [-0.4, -0.2) is 12.6 Å². The van der Waals surface area contributed by atoms with Crippen LogP contribution >= 0.6 is 0 Å². The van der Waals surface area contributed by atoms with Gasteiger partial charge in [0.2, 0.25) is 0 Å². The first-order valence-corrected chi connectivity index (χ1v) is 5.46. The summed E-state index contributed by atoms with van der Waals surface area (Å²) in [5.41, 5.74) is 3.94. The zero-order valence-corrected chi connectivity index (χ0v) is 9.36. The Kier molecular flexibility index (Phi) is 2.93. The van der Waals surface area contributed by atoms with Gasteiger partial charge in [0.1, 0.15) is 0 Å². The molecular formula is C12H18N2O. The highest BCUT2D eigenvalue weighted by atomic mass is 16.6. The lowest BCUT2D eigenvalue weighted by molar-refractivity contribution is 0.124. The van der Waals surface area contributed by atoms with E-state index in [0.29, 0.717) is 12.6 Å². The lowest BCUT2D eigenvalue weighted by atomic mass is 10.1. The van der Waals surface area contributed by atoms with Crippen LogP contribution in [0.25, 0.3) is 0 Å². The topological polar surface area (TPSA) is 38.5 Å². The minimum absolute atomic E-state index is 0.494. The van der Waals surface area contributed by atoms with Crippen molar-refractivity contribution in [2.24, 2.45) is 5.90 Å². The molecule has 2 rings (SSSR count). The number of benzene rings is 1. The van der Waals surface area contributed by atoms with Gasteiger partial charge in [0, 0.05) is 18.3 Å². The van der Waals surface area contributed by atoms with Gasteiger partial charge < -0.3 is 4.90 Å². The van der Waals surface area contributed by atoms with Crippen molar-refractivity contribution in [3.05, 3.63) is 29.3 Å². The Morgan fingerprint density at radius 2 is 2.33 bits per heavy atom. The van der Waals surface area contributed by atoms with Gasteiger partial charge in [-0.15, -0.1) is 0 Å². The maximum atomic E-state index is 5.08. The zero-order chi connectivity index (χ0) is 10.8. The maximum absolute atomic E-state index is 5.08. The quantitative estimate of drug-likeness (QED) is 0.767. The monoisotopic (exact) mass is 206 g/mol. The number of hydrogen-bond acceptors (Lipinski definition) is 3. The molecule has 1 aliphatic heterocycles. The third-order valence-electron chi connectivity index (χ3n) is 3.09. The van der Waals surface area contributed by atoms with E-state index in [-0.39, 0.29) is 0 Å². The SMILES string of the molecule is CCN1c2ccc(CON)cc2CC1C. The summed E-state index contributed by atoms with van der Waals surface area (Å²) in [7, 11) is 0. The molecule has 82 valence electrons. The Labute approximate surface area is 90.8 Å². The molecular weight excluding hydrogens is 188 g/mol. The van der Waals surface area contributed by atoms with Gasteiger partial charge in [-0.3, -0.25) is 4.84 Å². The lowest BCUT2D eigenvalue weighted by Crippen LogP contribution is -2.28. The number of fused-ring (bicyclic) bond motifs is 1. The van der Waals surface area contributed by atoms with Gasteiger partial charge >= 0.3 is 0 Å². The molecule has 3 heteroatoms. The van der Waals surface area contributed by atoms with E-state index in [1.54, 1.807) is 0 Å². The minimum Gasteiger partial charge on any atom is -0.369 e. The van der Waals surface area contributed by atoms with Gasteiger partial charge in [-0.05, 0) is 37.5 Å². The largest absolute Gasteiger partial charge is 0.369 e. The van der Waals surface area contributed by atoms with E-state index in [0.717, 1.165) is 18.5 Å². The molecule has 0 amide bonds. The van der Waals surface area contributed by atoms with Gasteiger partial charge in [-0.2, -0.15) is 0 Å². The predicted octanol–water partition coefficient (Wildman–Crippen LogP) is 1.85. The fourth-order valence-electron chi connectivity index (χ4n) is 2.42. The maximum Gasteiger partial charge on any atom is 0.0930 e. The van der Waals surface area contributed by atoms with Crippen LogP contribution in [0.2, 0.25) is 0 Å². The van der Waals surface area contributed by atoms with Crippen LogP contribution in [0.1, 0.15) is 25.0 Å². The number of anilines is 1. The van der Waals surface area contributed by atoms with Crippen molar-refractivity contribution in [3.8, 4) is 0 Å². The summed E-state index contributed by atoms with van der Waals surface area (Å²) >= 11 is 0. The van der Waals surface area contributed by atoms with E-state index >= 15 is 0 Å². The smallest absolute Gasteiger partial charge is 0.0930 e. The molecule has 1 aromatic carbocycles. The van der Waals surface area contributed by atoms with Gasteiger partial charge in [-0.25, -0.2) is 5.90 Å². The van der Waals surface area contributed by atoms with E-state index in [4.69, 9.17) is 5.90 Å². The van der Waals surface area contributed by atoms with E-state index in [1.165, 1.54) is 11.3 Å². The first-order chi connectivity index (χ1) is 7.26. The van der Waals surface area contributed by atoms with E-state index in [2.05, 4.69) is 41.8 Å². The van der Waals surface area contributed by atoms with Crippen LogP contribution in [0.4, 0.5) is 5.69 Å². The van der Waals surface area contributed by atoms with Crippen LogP contribution in [-0.2, 0) is 17.9 Å². The number of nitrogens with zero attached hydrogens (tertiary/aromatic N) is 1. The van der Waals surface area contributed by atoms with Crippen molar-refractivity contribution in [2.45, 2.75) is 32.9 Å². The van der Waals surface area contributed by atoms with Crippen molar-refractivity contribution < 1.29 is 4.84 Å². The highest BCUT2D eigenvalue weighted by Crippen LogP contribution is 2.32. The molecule has 0 radical (unpaired) electrons. The summed E-state index contributed by atoms with van der Waals surface area (Å²) in [6.07, 6.45) is 1.13. The fourth-order valence-corrected chi connectivity index (χ4v) is 2.42. The normalized spacial score (nSPS) is 19.4. The molecule has 15 heavy (non-hydrogen) atoms. The van der Waals surface area contributed by atoms with E-state index in [9.17, 15) is 0 Å². The molecule has 1 aliphatic rings. The van der Waals surface area contributed by atoms with E-state index < -0.39 is 0 Å². The molecule has 3 nitrogen and oxygen atoms in total. The summed E-state index contributed by atoms with van der Waals surface area (Å²) in [5.74, 6) is 5.08. The second kappa shape index (κ2) is 4.21. The highest BCUT2D eigenvalue weighted by Gasteiger charge is 2.24. The van der Waals surface area contributed by atoms with Gasteiger partial charge in [0.15, 0.2) is 0 Å².